The van der Waals surface area contributed by atoms with E-state index in [0.29, 0.717) is 12.5 Å². The first-order chi connectivity index (χ1) is 12.7. The van der Waals surface area contributed by atoms with Gasteiger partial charge in [0.1, 0.15) is 12.4 Å². The Morgan fingerprint density at radius 2 is 1.81 bits per heavy atom. The Morgan fingerprint density at radius 3 is 2.37 bits per heavy atom. The third-order valence-electron chi connectivity index (χ3n) is 4.85. The molecule has 7 nitrogen and oxygen atoms in total. The van der Waals surface area contributed by atoms with Gasteiger partial charge in [0.05, 0.1) is 5.69 Å². The van der Waals surface area contributed by atoms with E-state index in [1.165, 1.54) is 38.4 Å². The van der Waals surface area contributed by atoms with Gasteiger partial charge in [0.2, 0.25) is 5.91 Å². The van der Waals surface area contributed by atoms with E-state index in [-0.39, 0.29) is 18.1 Å². The van der Waals surface area contributed by atoms with Crippen molar-refractivity contribution in [3.63, 3.8) is 0 Å². The number of hydrogen-bond donors (Lipinski definition) is 1. The summed E-state index contributed by atoms with van der Waals surface area (Å²) < 4.78 is 40.3. The second kappa shape index (κ2) is 9.48. The fraction of sp³-hybridized carbons (Fsp3) is 0.611. The largest absolute Gasteiger partial charge is 0.355 e. The maximum atomic E-state index is 13.2. The Morgan fingerprint density at radius 1 is 1.22 bits per heavy atom. The number of benzene rings is 1. The summed E-state index contributed by atoms with van der Waals surface area (Å²) >= 11 is 0. The van der Waals surface area contributed by atoms with E-state index in [4.69, 9.17) is 0 Å². The molecule has 1 aliphatic heterocycles. The molecule has 9 heteroatoms. The molecule has 0 saturated carbocycles. The van der Waals surface area contributed by atoms with Gasteiger partial charge in [0, 0.05) is 20.6 Å². The second-order valence-electron chi connectivity index (χ2n) is 7.16. The minimum absolute atomic E-state index is 0.246. The summed E-state index contributed by atoms with van der Waals surface area (Å²) in [5, 5.41) is 2.81. The lowest BCUT2D eigenvalue weighted by Gasteiger charge is -2.29. The normalized spacial score (nSPS) is 16.5. The van der Waals surface area contributed by atoms with Crippen molar-refractivity contribution in [3.05, 3.63) is 30.1 Å². The molecule has 0 aromatic heterocycles. The van der Waals surface area contributed by atoms with Crippen LogP contribution in [0.15, 0.2) is 24.3 Å². The standard InChI is InChI=1S/C18H29FN4O3S/c1-21(2)27(25,26)23(17-6-4-16(19)5-7-17)14-18(24)20-11-8-15-9-12-22(3)13-10-15/h4-7,15H,8-14H2,1-3H3,(H,20,24). The van der Waals surface area contributed by atoms with Gasteiger partial charge in [-0.25, -0.2) is 8.70 Å². The summed E-state index contributed by atoms with van der Waals surface area (Å²) in [6.07, 6.45) is 3.11. The first kappa shape index (κ1) is 21.6. The molecule has 0 radical (unpaired) electrons. The zero-order valence-electron chi connectivity index (χ0n) is 16.2. The first-order valence-corrected chi connectivity index (χ1v) is 10.5. The van der Waals surface area contributed by atoms with Gasteiger partial charge in [-0.3, -0.25) is 4.79 Å². The number of rotatable bonds is 8. The zero-order chi connectivity index (χ0) is 20.0. The van der Waals surface area contributed by atoms with Crippen LogP contribution in [0.2, 0.25) is 0 Å². The minimum atomic E-state index is -3.87. The lowest BCUT2D eigenvalue weighted by molar-refractivity contribution is -0.119. The molecule has 0 unspecified atom stereocenters. The van der Waals surface area contributed by atoms with E-state index in [2.05, 4.69) is 17.3 Å². The number of nitrogens with zero attached hydrogens (tertiary/aromatic N) is 3. The summed E-state index contributed by atoms with van der Waals surface area (Å²) in [5.74, 6) is -0.263. The van der Waals surface area contributed by atoms with Gasteiger partial charge >= 0.3 is 10.2 Å². The van der Waals surface area contributed by atoms with E-state index >= 15 is 0 Å². The third-order valence-corrected chi connectivity index (χ3v) is 6.67. The molecule has 1 saturated heterocycles. The van der Waals surface area contributed by atoms with Crippen molar-refractivity contribution in [2.24, 2.45) is 5.92 Å². The number of halogens is 1. The maximum absolute atomic E-state index is 13.2. The molecule has 0 spiro atoms. The molecular weight excluding hydrogens is 371 g/mol. The molecule has 0 atom stereocenters. The first-order valence-electron chi connectivity index (χ1n) is 9.11. The van der Waals surface area contributed by atoms with Crippen LogP contribution in [0.4, 0.5) is 10.1 Å². The van der Waals surface area contributed by atoms with Crippen molar-refractivity contribution in [1.29, 1.82) is 0 Å². The van der Waals surface area contributed by atoms with E-state index in [1.807, 2.05) is 0 Å². The third kappa shape index (κ3) is 6.15. The highest BCUT2D eigenvalue weighted by molar-refractivity contribution is 7.90. The molecule has 1 aromatic carbocycles. The highest BCUT2D eigenvalue weighted by atomic mass is 32.2. The average molecular weight is 401 g/mol. The summed E-state index contributed by atoms with van der Waals surface area (Å²) in [4.78, 5) is 14.6. The Kier molecular flexibility index (Phi) is 7.58. The number of hydrogen-bond acceptors (Lipinski definition) is 4. The molecule has 1 heterocycles. The van der Waals surface area contributed by atoms with Crippen LogP contribution in [0.25, 0.3) is 0 Å². The van der Waals surface area contributed by atoms with Crippen LogP contribution in [0.3, 0.4) is 0 Å². The number of likely N-dealkylation sites (tertiary alicyclic amines) is 1. The number of anilines is 1. The van der Waals surface area contributed by atoms with Crippen LogP contribution < -0.4 is 9.62 Å². The fourth-order valence-corrected chi connectivity index (χ4v) is 4.13. The number of piperidine rings is 1. The summed E-state index contributed by atoms with van der Waals surface area (Å²) in [6, 6.07) is 5.04. The summed E-state index contributed by atoms with van der Waals surface area (Å²) in [6.45, 7) is 2.31. The predicted octanol–water partition coefficient (Wildman–Crippen LogP) is 1.29. The molecule has 0 bridgehead atoms. The second-order valence-corrected chi connectivity index (χ2v) is 9.23. The molecule has 1 aromatic rings. The van der Waals surface area contributed by atoms with Gasteiger partial charge < -0.3 is 10.2 Å². The van der Waals surface area contributed by atoms with Gasteiger partial charge in [-0.05, 0) is 69.6 Å². The highest BCUT2D eigenvalue weighted by Gasteiger charge is 2.27. The molecule has 1 amide bonds. The van der Waals surface area contributed by atoms with Gasteiger partial charge in [0.25, 0.3) is 0 Å². The van der Waals surface area contributed by atoms with E-state index < -0.39 is 16.0 Å². The lowest BCUT2D eigenvalue weighted by Crippen LogP contribution is -2.46. The maximum Gasteiger partial charge on any atom is 0.304 e. The summed E-state index contributed by atoms with van der Waals surface area (Å²) in [7, 11) is 1.02. The molecule has 1 fully saturated rings. The predicted molar refractivity (Wildman–Crippen MR) is 104 cm³/mol. The minimum Gasteiger partial charge on any atom is -0.355 e. The van der Waals surface area contributed by atoms with Crippen LogP contribution in [0, 0.1) is 11.7 Å². The SMILES string of the molecule is CN1CCC(CCNC(=O)CN(c2ccc(F)cc2)S(=O)(=O)N(C)C)CC1. The van der Waals surface area contributed by atoms with Crippen molar-refractivity contribution in [1.82, 2.24) is 14.5 Å². The Labute approximate surface area is 161 Å². The van der Waals surface area contributed by atoms with Gasteiger partial charge in [-0.2, -0.15) is 12.7 Å². The molecule has 27 heavy (non-hydrogen) atoms. The molecule has 152 valence electrons. The average Bonchev–Trinajstić information content (AvgIpc) is 2.62. The molecular formula is C18H29FN4O3S. The van der Waals surface area contributed by atoms with Crippen LogP contribution in [-0.2, 0) is 15.0 Å². The number of nitrogens with one attached hydrogen (secondary N) is 1. The van der Waals surface area contributed by atoms with E-state index in [1.54, 1.807) is 0 Å². The fourth-order valence-electron chi connectivity index (χ4n) is 3.06. The Balaban J connectivity index is 1.96. The van der Waals surface area contributed by atoms with Gasteiger partial charge in [-0.1, -0.05) is 0 Å². The Hall–Kier alpha value is -1.71. The van der Waals surface area contributed by atoms with Crippen molar-refractivity contribution < 1.29 is 17.6 Å². The van der Waals surface area contributed by atoms with Crippen LogP contribution in [0.1, 0.15) is 19.3 Å². The molecule has 2 rings (SSSR count). The van der Waals surface area contributed by atoms with Crippen molar-refractivity contribution in [2.75, 3.05) is 51.6 Å². The van der Waals surface area contributed by atoms with Gasteiger partial charge in [-0.15, -0.1) is 0 Å². The number of carbonyl (C=O) groups is 1. The molecule has 1 N–H and O–H groups in total. The van der Waals surface area contributed by atoms with Crippen molar-refractivity contribution in [3.8, 4) is 0 Å². The highest BCUT2D eigenvalue weighted by Crippen LogP contribution is 2.20. The quantitative estimate of drug-likeness (QED) is 0.714. The van der Waals surface area contributed by atoms with E-state index in [9.17, 15) is 17.6 Å². The van der Waals surface area contributed by atoms with Crippen LogP contribution >= 0.6 is 0 Å². The van der Waals surface area contributed by atoms with Crippen LogP contribution in [-0.4, -0.2) is 70.9 Å². The van der Waals surface area contributed by atoms with E-state index in [0.717, 1.165) is 41.0 Å². The monoisotopic (exact) mass is 400 g/mol. The molecule has 0 aliphatic carbocycles. The lowest BCUT2D eigenvalue weighted by atomic mass is 9.94. The summed E-state index contributed by atoms with van der Waals surface area (Å²) in [5.41, 5.74) is 0.246. The smallest absolute Gasteiger partial charge is 0.304 e. The van der Waals surface area contributed by atoms with Gasteiger partial charge in [0.15, 0.2) is 0 Å². The van der Waals surface area contributed by atoms with Crippen molar-refractivity contribution >= 4 is 21.8 Å². The van der Waals surface area contributed by atoms with Crippen molar-refractivity contribution in [2.45, 2.75) is 19.3 Å². The molecule has 1 aliphatic rings. The number of carbonyl (C=O) groups excluding carboxylic acids is 1. The van der Waals surface area contributed by atoms with Crippen LogP contribution in [0.5, 0.6) is 0 Å². The zero-order valence-corrected chi connectivity index (χ0v) is 17.0. The number of amides is 1. The topological polar surface area (TPSA) is 73.0 Å². The Bertz CT molecular complexity index is 717.